The van der Waals surface area contributed by atoms with Crippen molar-refractivity contribution in [1.29, 1.82) is 0 Å². The van der Waals surface area contributed by atoms with Crippen LogP contribution in [0.5, 0.6) is 0 Å². The summed E-state index contributed by atoms with van der Waals surface area (Å²) >= 11 is 6.16. The van der Waals surface area contributed by atoms with Gasteiger partial charge < -0.3 is 5.32 Å². The van der Waals surface area contributed by atoms with Crippen LogP contribution in [0.4, 0.5) is 11.4 Å². The number of aryl methyl sites for hydroxylation is 3. The van der Waals surface area contributed by atoms with Gasteiger partial charge in [-0.1, -0.05) is 29.8 Å². The molecule has 5 nitrogen and oxygen atoms in total. The molecule has 0 unspecified atom stereocenters. The van der Waals surface area contributed by atoms with E-state index >= 15 is 0 Å². The Morgan fingerprint density at radius 2 is 1.60 bits per heavy atom. The Bertz CT molecular complexity index is 1240. The molecule has 3 aromatic carbocycles. The number of carbonyl (C=O) groups is 1. The Morgan fingerprint density at radius 1 is 0.867 bits per heavy atom. The summed E-state index contributed by atoms with van der Waals surface area (Å²) in [7, 11) is -3.98. The largest absolute Gasteiger partial charge is 0.322 e. The number of amides is 1. The molecule has 7 heteroatoms. The SMILES string of the molecule is Cc1ccc(NS(=O)(=O)c2cc(C(=O)Nc3cccc(C)c3C)ccc2Cl)cc1C. The zero-order valence-electron chi connectivity index (χ0n) is 17.2. The van der Waals surface area contributed by atoms with Crippen LogP contribution in [-0.2, 0) is 10.0 Å². The molecule has 0 heterocycles. The lowest BCUT2D eigenvalue weighted by Crippen LogP contribution is -2.17. The van der Waals surface area contributed by atoms with Gasteiger partial charge in [-0.3, -0.25) is 9.52 Å². The number of rotatable bonds is 5. The van der Waals surface area contributed by atoms with Gasteiger partial charge >= 0.3 is 0 Å². The molecular formula is C23H23ClN2O3S. The van der Waals surface area contributed by atoms with E-state index in [2.05, 4.69) is 10.0 Å². The molecule has 0 saturated heterocycles. The van der Waals surface area contributed by atoms with Crippen molar-refractivity contribution >= 4 is 38.9 Å². The predicted octanol–water partition coefficient (Wildman–Crippen LogP) is 5.63. The monoisotopic (exact) mass is 442 g/mol. The van der Waals surface area contributed by atoms with Gasteiger partial charge in [0, 0.05) is 16.9 Å². The average Bonchev–Trinajstić information content (AvgIpc) is 2.68. The number of carbonyl (C=O) groups excluding carboxylic acids is 1. The Morgan fingerprint density at radius 3 is 2.30 bits per heavy atom. The maximum atomic E-state index is 12.9. The second-order valence-corrected chi connectivity index (χ2v) is 9.31. The fraction of sp³-hybridized carbons (Fsp3) is 0.174. The van der Waals surface area contributed by atoms with E-state index in [0.717, 1.165) is 22.3 Å². The molecule has 0 bridgehead atoms. The molecule has 0 fully saturated rings. The summed E-state index contributed by atoms with van der Waals surface area (Å²) in [6.07, 6.45) is 0. The van der Waals surface area contributed by atoms with Crippen LogP contribution in [0.1, 0.15) is 32.6 Å². The molecule has 0 aliphatic heterocycles. The molecule has 0 radical (unpaired) electrons. The minimum absolute atomic E-state index is 0.0367. The highest BCUT2D eigenvalue weighted by Gasteiger charge is 2.21. The van der Waals surface area contributed by atoms with Crippen LogP contribution >= 0.6 is 11.6 Å². The van der Waals surface area contributed by atoms with Crippen LogP contribution < -0.4 is 10.0 Å². The highest BCUT2D eigenvalue weighted by atomic mass is 35.5. The molecule has 30 heavy (non-hydrogen) atoms. The second-order valence-electron chi connectivity index (χ2n) is 7.25. The number of hydrogen-bond acceptors (Lipinski definition) is 3. The first-order valence-electron chi connectivity index (χ1n) is 9.35. The molecule has 0 aliphatic rings. The van der Waals surface area contributed by atoms with Gasteiger partial charge in [-0.2, -0.15) is 0 Å². The third-order valence-corrected chi connectivity index (χ3v) is 6.96. The molecule has 3 aromatic rings. The molecule has 0 aromatic heterocycles. The van der Waals surface area contributed by atoms with E-state index in [0.29, 0.717) is 11.4 Å². The van der Waals surface area contributed by atoms with Gasteiger partial charge in [0.1, 0.15) is 4.90 Å². The van der Waals surface area contributed by atoms with Gasteiger partial charge in [0.25, 0.3) is 15.9 Å². The van der Waals surface area contributed by atoms with Crippen LogP contribution in [0.25, 0.3) is 0 Å². The van der Waals surface area contributed by atoms with Crippen LogP contribution in [0.2, 0.25) is 5.02 Å². The number of nitrogens with one attached hydrogen (secondary N) is 2. The molecular weight excluding hydrogens is 420 g/mol. The van der Waals surface area contributed by atoms with Crippen molar-refractivity contribution in [3.63, 3.8) is 0 Å². The first kappa shape index (κ1) is 21.9. The lowest BCUT2D eigenvalue weighted by Gasteiger charge is -2.13. The highest BCUT2D eigenvalue weighted by molar-refractivity contribution is 7.92. The minimum atomic E-state index is -3.98. The molecule has 2 N–H and O–H groups in total. The summed E-state index contributed by atoms with van der Waals surface area (Å²) in [5, 5.41) is 2.87. The van der Waals surface area contributed by atoms with Gasteiger partial charge in [-0.05, 0) is 86.3 Å². The molecule has 0 saturated carbocycles. The Labute approximate surface area is 182 Å². The summed E-state index contributed by atoms with van der Waals surface area (Å²) in [4.78, 5) is 12.6. The van der Waals surface area contributed by atoms with Gasteiger partial charge in [0.2, 0.25) is 0 Å². The van der Waals surface area contributed by atoms with Crippen molar-refractivity contribution in [1.82, 2.24) is 0 Å². The van der Waals surface area contributed by atoms with Gasteiger partial charge in [-0.25, -0.2) is 8.42 Å². The van der Waals surface area contributed by atoms with Crippen LogP contribution in [-0.4, -0.2) is 14.3 Å². The number of sulfonamides is 1. The summed E-state index contributed by atoms with van der Waals surface area (Å²) in [5.41, 5.74) is 5.31. The van der Waals surface area contributed by atoms with Crippen molar-refractivity contribution in [2.45, 2.75) is 32.6 Å². The van der Waals surface area contributed by atoms with Crippen molar-refractivity contribution in [2.75, 3.05) is 10.0 Å². The zero-order chi connectivity index (χ0) is 22.1. The van der Waals surface area contributed by atoms with Crippen LogP contribution in [0, 0.1) is 27.7 Å². The first-order valence-corrected chi connectivity index (χ1v) is 11.2. The van der Waals surface area contributed by atoms with E-state index in [-0.39, 0.29) is 15.5 Å². The second kappa shape index (κ2) is 8.50. The fourth-order valence-electron chi connectivity index (χ4n) is 2.95. The van der Waals surface area contributed by atoms with Crippen molar-refractivity contribution in [3.8, 4) is 0 Å². The predicted molar refractivity (Wildman–Crippen MR) is 122 cm³/mol. The lowest BCUT2D eigenvalue weighted by molar-refractivity contribution is 0.102. The number of hydrogen-bond donors (Lipinski definition) is 2. The topological polar surface area (TPSA) is 75.3 Å². The number of benzene rings is 3. The Hall–Kier alpha value is -2.83. The van der Waals surface area contributed by atoms with Gasteiger partial charge in [-0.15, -0.1) is 0 Å². The third kappa shape index (κ3) is 4.66. The zero-order valence-corrected chi connectivity index (χ0v) is 18.8. The van der Waals surface area contributed by atoms with E-state index < -0.39 is 15.9 Å². The van der Waals surface area contributed by atoms with Crippen molar-refractivity contribution in [3.05, 3.63) is 87.4 Å². The van der Waals surface area contributed by atoms with Crippen molar-refractivity contribution in [2.24, 2.45) is 0 Å². The van der Waals surface area contributed by atoms with Crippen molar-refractivity contribution < 1.29 is 13.2 Å². The summed E-state index contributed by atoms with van der Waals surface area (Å²) < 4.78 is 28.4. The van der Waals surface area contributed by atoms with E-state index in [4.69, 9.17) is 11.6 Å². The minimum Gasteiger partial charge on any atom is -0.322 e. The normalized spacial score (nSPS) is 11.2. The van der Waals surface area contributed by atoms with Gasteiger partial charge in [0.05, 0.1) is 5.02 Å². The molecule has 0 spiro atoms. The molecule has 0 atom stereocenters. The summed E-state index contributed by atoms with van der Waals surface area (Å²) in [5.74, 6) is -0.414. The van der Waals surface area contributed by atoms with E-state index in [9.17, 15) is 13.2 Å². The van der Waals surface area contributed by atoms with E-state index in [1.165, 1.54) is 18.2 Å². The standard InChI is InChI=1S/C23H23ClN2O3S/c1-14-8-10-19(12-16(14)3)26-30(28,29)22-13-18(9-11-20(22)24)23(27)25-21-7-5-6-15(2)17(21)4/h5-13,26H,1-4H3,(H,25,27). The highest BCUT2D eigenvalue weighted by Crippen LogP contribution is 2.27. The van der Waals surface area contributed by atoms with E-state index in [1.807, 2.05) is 45.9 Å². The smallest absolute Gasteiger partial charge is 0.263 e. The maximum absolute atomic E-state index is 12.9. The first-order chi connectivity index (χ1) is 14.1. The maximum Gasteiger partial charge on any atom is 0.263 e. The third-order valence-electron chi connectivity index (χ3n) is 5.09. The molecule has 0 aliphatic carbocycles. The molecule has 3 rings (SSSR count). The fourth-order valence-corrected chi connectivity index (χ4v) is 4.52. The number of halogens is 1. The molecule has 1 amide bonds. The summed E-state index contributed by atoms with van der Waals surface area (Å²) in [6, 6.07) is 15.1. The Balaban J connectivity index is 1.91. The van der Waals surface area contributed by atoms with E-state index in [1.54, 1.807) is 18.2 Å². The molecule has 156 valence electrons. The van der Waals surface area contributed by atoms with Crippen LogP contribution in [0.15, 0.2) is 59.5 Å². The average molecular weight is 443 g/mol. The number of anilines is 2. The summed E-state index contributed by atoms with van der Waals surface area (Å²) in [6.45, 7) is 7.72. The quantitative estimate of drug-likeness (QED) is 0.537. The Kier molecular flexibility index (Phi) is 6.19. The lowest BCUT2D eigenvalue weighted by atomic mass is 10.1. The van der Waals surface area contributed by atoms with Gasteiger partial charge in [0.15, 0.2) is 0 Å². The van der Waals surface area contributed by atoms with Crippen LogP contribution in [0.3, 0.4) is 0 Å².